The van der Waals surface area contributed by atoms with Crippen LogP contribution >= 0.6 is 11.3 Å². The van der Waals surface area contributed by atoms with Gasteiger partial charge in [-0.25, -0.2) is 0 Å². The van der Waals surface area contributed by atoms with E-state index < -0.39 is 0 Å². The third kappa shape index (κ3) is 2.93. The summed E-state index contributed by atoms with van der Waals surface area (Å²) in [5.74, 6) is 0.762. The highest BCUT2D eigenvalue weighted by molar-refractivity contribution is 7.17. The number of carbonyl (C=O) groups is 1. The van der Waals surface area contributed by atoms with Gasteiger partial charge < -0.3 is 10.2 Å². The summed E-state index contributed by atoms with van der Waals surface area (Å²) >= 11 is 1.60. The molecule has 1 atom stereocenters. The van der Waals surface area contributed by atoms with E-state index in [2.05, 4.69) is 29.3 Å². The van der Waals surface area contributed by atoms with Gasteiger partial charge in [-0.15, -0.1) is 11.3 Å². The molecule has 0 radical (unpaired) electrons. The number of nitrogens with zero attached hydrogens (tertiary/aromatic N) is 1. The minimum absolute atomic E-state index is 0.0963. The van der Waals surface area contributed by atoms with Crippen molar-refractivity contribution in [1.82, 2.24) is 10.2 Å². The summed E-state index contributed by atoms with van der Waals surface area (Å²) < 4.78 is 0. The molecule has 4 heteroatoms. The van der Waals surface area contributed by atoms with E-state index >= 15 is 0 Å². The van der Waals surface area contributed by atoms with Crippen LogP contribution in [0.3, 0.4) is 0 Å². The van der Waals surface area contributed by atoms with Crippen LogP contribution < -0.4 is 5.32 Å². The van der Waals surface area contributed by atoms with Gasteiger partial charge in [0.05, 0.1) is 4.88 Å². The van der Waals surface area contributed by atoms with Gasteiger partial charge >= 0.3 is 0 Å². The van der Waals surface area contributed by atoms with E-state index in [4.69, 9.17) is 0 Å². The second-order valence-electron chi connectivity index (χ2n) is 6.71. The van der Waals surface area contributed by atoms with Crippen LogP contribution in [0.25, 0.3) is 10.4 Å². The maximum atomic E-state index is 12.7. The first kappa shape index (κ1) is 14.9. The second kappa shape index (κ2) is 6.10. The minimum Gasteiger partial charge on any atom is -0.347 e. The van der Waals surface area contributed by atoms with Crippen molar-refractivity contribution in [2.45, 2.75) is 25.8 Å². The number of rotatable bonds is 3. The number of aryl methyl sites for hydroxylation is 1. The topological polar surface area (TPSA) is 32.3 Å². The number of amides is 1. The van der Waals surface area contributed by atoms with Crippen LogP contribution in [0, 0.1) is 12.8 Å². The Bertz CT molecular complexity index is 701. The molecule has 1 amide bonds. The largest absolute Gasteiger partial charge is 0.347 e. The zero-order valence-electron chi connectivity index (χ0n) is 13.4. The molecule has 0 aliphatic carbocycles. The molecule has 0 unspecified atom stereocenters. The summed E-state index contributed by atoms with van der Waals surface area (Å²) in [5.41, 5.74) is 2.37. The molecule has 3 fully saturated rings. The Labute approximate surface area is 141 Å². The van der Waals surface area contributed by atoms with Crippen LogP contribution in [0.5, 0.6) is 0 Å². The van der Waals surface area contributed by atoms with E-state index in [1.807, 2.05) is 24.3 Å². The first-order chi connectivity index (χ1) is 11.2. The Hall–Kier alpha value is -1.65. The number of benzene rings is 1. The Morgan fingerprint density at radius 1 is 1.22 bits per heavy atom. The monoisotopic (exact) mass is 326 g/mol. The summed E-state index contributed by atoms with van der Waals surface area (Å²) in [7, 11) is 0. The van der Waals surface area contributed by atoms with Gasteiger partial charge in [-0.05, 0) is 56.0 Å². The molecule has 2 bridgehead atoms. The van der Waals surface area contributed by atoms with Crippen molar-refractivity contribution in [3.05, 3.63) is 46.8 Å². The predicted molar refractivity (Wildman–Crippen MR) is 94.9 cm³/mol. The summed E-state index contributed by atoms with van der Waals surface area (Å²) in [5, 5.41) is 3.29. The van der Waals surface area contributed by atoms with Gasteiger partial charge in [0.2, 0.25) is 0 Å². The molecule has 1 aromatic carbocycles. The average molecular weight is 326 g/mol. The molecule has 120 valence electrons. The highest BCUT2D eigenvalue weighted by atomic mass is 32.1. The lowest BCUT2D eigenvalue weighted by Gasteiger charge is -2.44. The number of fused-ring (bicyclic) bond motifs is 3. The van der Waals surface area contributed by atoms with Gasteiger partial charge in [0, 0.05) is 17.5 Å². The third-order valence-corrected chi connectivity index (χ3v) is 6.44. The SMILES string of the molecule is Cc1cc(C(=O)N[C@H]2CN3CCC2CC3)sc1-c1ccccc1. The average Bonchev–Trinajstić information content (AvgIpc) is 2.99. The molecule has 4 heterocycles. The Morgan fingerprint density at radius 3 is 2.61 bits per heavy atom. The zero-order chi connectivity index (χ0) is 15.8. The molecule has 3 saturated heterocycles. The maximum absolute atomic E-state index is 12.7. The minimum atomic E-state index is 0.0963. The quantitative estimate of drug-likeness (QED) is 0.935. The van der Waals surface area contributed by atoms with E-state index in [-0.39, 0.29) is 5.91 Å². The van der Waals surface area contributed by atoms with Crippen LogP contribution in [0.1, 0.15) is 28.1 Å². The molecule has 2 aromatic rings. The predicted octanol–water partition coefficient (Wildman–Crippen LogP) is 3.55. The van der Waals surface area contributed by atoms with Crippen molar-refractivity contribution < 1.29 is 4.79 Å². The number of piperidine rings is 3. The molecule has 1 aromatic heterocycles. The zero-order valence-corrected chi connectivity index (χ0v) is 14.2. The van der Waals surface area contributed by atoms with E-state index in [1.54, 1.807) is 11.3 Å². The fourth-order valence-electron chi connectivity index (χ4n) is 3.84. The van der Waals surface area contributed by atoms with Gasteiger partial charge in [-0.2, -0.15) is 0 Å². The van der Waals surface area contributed by atoms with Gasteiger partial charge in [0.1, 0.15) is 0 Å². The number of carbonyl (C=O) groups excluding carboxylic acids is 1. The smallest absolute Gasteiger partial charge is 0.261 e. The Balaban J connectivity index is 1.51. The molecule has 5 rings (SSSR count). The number of hydrogen-bond acceptors (Lipinski definition) is 3. The molecular weight excluding hydrogens is 304 g/mol. The first-order valence-electron chi connectivity index (χ1n) is 8.40. The van der Waals surface area contributed by atoms with Gasteiger partial charge in [0.15, 0.2) is 0 Å². The standard InChI is InChI=1S/C19H22N2OS/c1-13-11-17(23-18(13)15-5-3-2-4-6-15)19(22)20-16-12-21-9-7-14(16)8-10-21/h2-6,11,14,16H,7-10,12H2,1H3,(H,20,22)/t16-/m0/s1. The number of thiophene rings is 1. The summed E-state index contributed by atoms with van der Waals surface area (Å²) in [6.45, 7) is 5.51. The highest BCUT2D eigenvalue weighted by Gasteiger charge is 2.35. The van der Waals surface area contributed by atoms with E-state index in [9.17, 15) is 4.79 Å². The fraction of sp³-hybridized carbons (Fsp3) is 0.421. The second-order valence-corrected chi connectivity index (χ2v) is 7.76. The van der Waals surface area contributed by atoms with Gasteiger partial charge in [-0.1, -0.05) is 30.3 Å². The first-order valence-corrected chi connectivity index (χ1v) is 9.21. The van der Waals surface area contributed by atoms with Crippen LogP contribution in [0.15, 0.2) is 36.4 Å². The molecule has 3 nitrogen and oxygen atoms in total. The third-order valence-electron chi connectivity index (χ3n) is 5.15. The van der Waals surface area contributed by atoms with E-state index in [1.165, 1.54) is 41.9 Å². The van der Waals surface area contributed by atoms with Crippen LogP contribution in [0.2, 0.25) is 0 Å². The lowest BCUT2D eigenvalue weighted by Crippen LogP contribution is -2.57. The lowest BCUT2D eigenvalue weighted by molar-refractivity contribution is 0.0622. The van der Waals surface area contributed by atoms with E-state index in [0.29, 0.717) is 12.0 Å². The van der Waals surface area contributed by atoms with E-state index in [0.717, 1.165) is 11.4 Å². The van der Waals surface area contributed by atoms with Crippen LogP contribution in [0.4, 0.5) is 0 Å². The van der Waals surface area contributed by atoms with Crippen molar-refractivity contribution in [3.8, 4) is 10.4 Å². The maximum Gasteiger partial charge on any atom is 0.261 e. The molecule has 3 aliphatic rings. The van der Waals surface area contributed by atoms with Gasteiger partial charge in [0.25, 0.3) is 5.91 Å². The number of hydrogen-bond donors (Lipinski definition) is 1. The molecule has 1 N–H and O–H groups in total. The molecule has 0 spiro atoms. The number of nitrogens with one attached hydrogen (secondary N) is 1. The van der Waals surface area contributed by atoms with Crippen molar-refractivity contribution in [1.29, 1.82) is 0 Å². The molecule has 3 aliphatic heterocycles. The molecule has 23 heavy (non-hydrogen) atoms. The lowest BCUT2D eigenvalue weighted by atomic mass is 9.84. The van der Waals surface area contributed by atoms with Crippen molar-refractivity contribution in [3.63, 3.8) is 0 Å². The normalized spacial score (nSPS) is 26.2. The molecular formula is C19H22N2OS. The summed E-state index contributed by atoms with van der Waals surface area (Å²) in [4.78, 5) is 17.2. The van der Waals surface area contributed by atoms with Crippen molar-refractivity contribution in [2.75, 3.05) is 19.6 Å². The van der Waals surface area contributed by atoms with Gasteiger partial charge in [-0.3, -0.25) is 4.79 Å². The Kier molecular flexibility index (Phi) is 3.95. The fourth-order valence-corrected chi connectivity index (χ4v) is 4.92. The summed E-state index contributed by atoms with van der Waals surface area (Å²) in [6, 6.07) is 12.7. The highest BCUT2D eigenvalue weighted by Crippen LogP contribution is 2.33. The van der Waals surface area contributed by atoms with Crippen LogP contribution in [-0.4, -0.2) is 36.5 Å². The summed E-state index contributed by atoms with van der Waals surface area (Å²) in [6.07, 6.45) is 2.45. The van der Waals surface area contributed by atoms with Crippen molar-refractivity contribution in [2.24, 2.45) is 5.92 Å². The Morgan fingerprint density at radius 2 is 1.96 bits per heavy atom. The van der Waals surface area contributed by atoms with Crippen molar-refractivity contribution >= 4 is 17.2 Å². The molecule has 0 saturated carbocycles. The van der Waals surface area contributed by atoms with Crippen LogP contribution in [-0.2, 0) is 0 Å².